The Morgan fingerprint density at radius 1 is 1.32 bits per heavy atom. The quantitative estimate of drug-likeness (QED) is 0.833. The Balaban J connectivity index is 2.00. The molecule has 1 aromatic rings. The number of carbonyl (C=O) groups excluding carboxylic acids is 1. The fraction of sp³-hybridized carbons (Fsp3) is 0.615. The molecule has 2 rings (SSSR count). The molecule has 0 aliphatic carbocycles. The van der Waals surface area contributed by atoms with Gasteiger partial charge in [0.25, 0.3) is 0 Å². The highest BCUT2D eigenvalue weighted by molar-refractivity contribution is 5.81. The van der Waals surface area contributed by atoms with Gasteiger partial charge in [-0.05, 0) is 19.3 Å². The van der Waals surface area contributed by atoms with Gasteiger partial charge in [0.2, 0.25) is 5.91 Å². The molecule has 0 unspecified atom stereocenters. The molecule has 2 N–H and O–H groups in total. The second-order valence-corrected chi connectivity index (χ2v) is 4.59. The Kier molecular flexibility index (Phi) is 4.54. The number of nitrogens with one attached hydrogen (secondary N) is 2. The lowest BCUT2D eigenvalue weighted by molar-refractivity contribution is -0.128. The van der Waals surface area contributed by atoms with Crippen molar-refractivity contribution < 1.29 is 4.79 Å². The predicted molar refractivity (Wildman–Crippen MR) is 75.3 cm³/mol. The fourth-order valence-electron chi connectivity index (χ4n) is 2.35. The van der Waals surface area contributed by atoms with Crippen LogP contribution in [0.4, 0.5) is 11.6 Å². The molecule has 1 saturated heterocycles. The van der Waals surface area contributed by atoms with Crippen molar-refractivity contribution in [3.05, 3.63) is 11.9 Å². The molecule has 104 valence electrons. The summed E-state index contributed by atoms with van der Waals surface area (Å²) in [4.78, 5) is 22.3. The van der Waals surface area contributed by atoms with Crippen molar-refractivity contribution in [3.8, 4) is 0 Å². The van der Waals surface area contributed by atoms with Crippen molar-refractivity contribution in [2.75, 3.05) is 37.3 Å². The zero-order valence-corrected chi connectivity index (χ0v) is 11.6. The third kappa shape index (κ3) is 3.13. The van der Waals surface area contributed by atoms with E-state index in [1.807, 2.05) is 18.9 Å². The number of carbonyl (C=O) groups is 1. The summed E-state index contributed by atoms with van der Waals surface area (Å²) >= 11 is 0. The van der Waals surface area contributed by atoms with Crippen LogP contribution < -0.4 is 10.6 Å². The van der Waals surface area contributed by atoms with Gasteiger partial charge in [-0.15, -0.1) is 0 Å². The number of hydrogen-bond donors (Lipinski definition) is 2. The molecule has 1 amide bonds. The maximum atomic E-state index is 12.0. The van der Waals surface area contributed by atoms with Crippen molar-refractivity contribution >= 4 is 17.5 Å². The molecular formula is C13H21N5O. The summed E-state index contributed by atoms with van der Waals surface area (Å²) < 4.78 is 0. The Morgan fingerprint density at radius 2 is 2.00 bits per heavy atom. The van der Waals surface area contributed by atoms with Gasteiger partial charge >= 0.3 is 0 Å². The summed E-state index contributed by atoms with van der Waals surface area (Å²) in [5, 5.41) is 6.18. The van der Waals surface area contributed by atoms with Crippen LogP contribution in [-0.4, -0.2) is 47.5 Å². The van der Waals surface area contributed by atoms with Gasteiger partial charge in [-0.1, -0.05) is 6.92 Å². The summed E-state index contributed by atoms with van der Waals surface area (Å²) in [6.45, 7) is 4.11. The van der Waals surface area contributed by atoms with Crippen molar-refractivity contribution in [1.29, 1.82) is 0 Å². The van der Waals surface area contributed by atoms with Crippen LogP contribution in [0.1, 0.15) is 25.3 Å². The number of likely N-dealkylation sites (tertiary alicyclic amines) is 1. The number of aromatic nitrogens is 2. The SMILES string of the molecule is CCc1c(NC)ncnc1NCC(=O)N1CCCC1. The van der Waals surface area contributed by atoms with E-state index in [1.165, 1.54) is 6.33 Å². The molecule has 0 atom stereocenters. The smallest absolute Gasteiger partial charge is 0.241 e. The van der Waals surface area contributed by atoms with E-state index in [0.29, 0.717) is 6.54 Å². The van der Waals surface area contributed by atoms with E-state index >= 15 is 0 Å². The molecule has 1 aromatic heterocycles. The molecule has 0 spiro atoms. The number of hydrogen-bond acceptors (Lipinski definition) is 5. The summed E-state index contributed by atoms with van der Waals surface area (Å²) in [6, 6.07) is 0. The minimum atomic E-state index is 0.143. The Hall–Kier alpha value is -1.85. The summed E-state index contributed by atoms with van der Waals surface area (Å²) in [5.41, 5.74) is 1.01. The molecule has 0 aromatic carbocycles. The van der Waals surface area contributed by atoms with Gasteiger partial charge in [0.1, 0.15) is 18.0 Å². The third-order valence-electron chi connectivity index (χ3n) is 3.40. The Labute approximate surface area is 113 Å². The highest BCUT2D eigenvalue weighted by Crippen LogP contribution is 2.19. The molecule has 0 bridgehead atoms. The predicted octanol–water partition coefficient (Wildman–Crippen LogP) is 1.11. The lowest BCUT2D eigenvalue weighted by Crippen LogP contribution is -2.33. The molecule has 6 heteroatoms. The second-order valence-electron chi connectivity index (χ2n) is 4.59. The van der Waals surface area contributed by atoms with Crippen LogP contribution >= 0.6 is 0 Å². The van der Waals surface area contributed by atoms with E-state index in [9.17, 15) is 4.79 Å². The van der Waals surface area contributed by atoms with Crippen molar-refractivity contribution in [1.82, 2.24) is 14.9 Å². The van der Waals surface area contributed by atoms with Gasteiger partial charge in [0.15, 0.2) is 0 Å². The van der Waals surface area contributed by atoms with Crippen LogP contribution in [0.15, 0.2) is 6.33 Å². The normalized spacial score (nSPS) is 14.5. The molecular weight excluding hydrogens is 242 g/mol. The largest absolute Gasteiger partial charge is 0.373 e. The fourth-order valence-corrected chi connectivity index (χ4v) is 2.35. The summed E-state index contributed by atoms with van der Waals surface area (Å²) in [6.07, 6.45) is 4.55. The van der Waals surface area contributed by atoms with Gasteiger partial charge < -0.3 is 15.5 Å². The van der Waals surface area contributed by atoms with Gasteiger partial charge in [0.05, 0.1) is 6.54 Å². The number of anilines is 2. The van der Waals surface area contributed by atoms with Gasteiger partial charge in [-0.2, -0.15) is 0 Å². The van der Waals surface area contributed by atoms with Gasteiger partial charge in [0, 0.05) is 25.7 Å². The molecule has 1 fully saturated rings. The van der Waals surface area contributed by atoms with E-state index in [1.54, 1.807) is 0 Å². The minimum absolute atomic E-state index is 0.143. The summed E-state index contributed by atoms with van der Waals surface area (Å²) in [5.74, 6) is 1.70. The molecule has 6 nitrogen and oxygen atoms in total. The molecule has 1 aliphatic heterocycles. The number of rotatable bonds is 5. The van der Waals surface area contributed by atoms with E-state index in [4.69, 9.17) is 0 Å². The first kappa shape index (κ1) is 13.6. The Bertz CT molecular complexity index is 443. The molecule has 2 heterocycles. The zero-order chi connectivity index (χ0) is 13.7. The van der Waals surface area contributed by atoms with Crippen LogP contribution in [0.5, 0.6) is 0 Å². The average molecular weight is 263 g/mol. The molecule has 1 aliphatic rings. The molecule has 0 saturated carbocycles. The van der Waals surface area contributed by atoms with Crippen LogP contribution in [0.3, 0.4) is 0 Å². The minimum Gasteiger partial charge on any atom is -0.373 e. The Morgan fingerprint density at radius 3 is 2.63 bits per heavy atom. The maximum Gasteiger partial charge on any atom is 0.241 e. The maximum absolute atomic E-state index is 12.0. The monoisotopic (exact) mass is 263 g/mol. The van der Waals surface area contributed by atoms with Gasteiger partial charge in [-0.3, -0.25) is 4.79 Å². The van der Waals surface area contributed by atoms with Crippen molar-refractivity contribution in [2.24, 2.45) is 0 Å². The van der Waals surface area contributed by atoms with E-state index in [0.717, 1.165) is 49.6 Å². The molecule has 19 heavy (non-hydrogen) atoms. The third-order valence-corrected chi connectivity index (χ3v) is 3.40. The topological polar surface area (TPSA) is 70.1 Å². The molecule has 0 radical (unpaired) electrons. The zero-order valence-electron chi connectivity index (χ0n) is 11.6. The van der Waals surface area contributed by atoms with E-state index in [2.05, 4.69) is 20.6 Å². The standard InChI is InChI=1S/C13H21N5O/c1-3-10-12(14-2)16-9-17-13(10)15-8-11(19)18-6-4-5-7-18/h9H,3-8H2,1-2H3,(H2,14,15,16,17). The first-order valence-corrected chi connectivity index (χ1v) is 6.79. The van der Waals surface area contributed by atoms with Crippen LogP contribution in [0.2, 0.25) is 0 Å². The lowest BCUT2D eigenvalue weighted by Gasteiger charge is -2.17. The van der Waals surface area contributed by atoms with Crippen molar-refractivity contribution in [2.45, 2.75) is 26.2 Å². The first-order valence-electron chi connectivity index (χ1n) is 6.79. The van der Waals surface area contributed by atoms with Crippen LogP contribution in [0.25, 0.3) is 0 Å². The van der Waals surface area contributed by atoms with E-state index in [-0.39, 0.29) is 5.91 Å². The lowest BCUT2D eigenvalue weighted by atomic mass is 10.2. The highest BCUT2D eigenvalue weighted by Gasteiger charge is 2.18. The number of amides is 1. The second kappa shape index (κ2) is 6.36. The summed E-state index contributed by atoms with van der Waals surface area (Å²) in [7, 11) is 1.83. The van der Waals surface area contributed by atoms with Crippen LogP contribution in [0, 0.1) is 0 Å². The van der Waals surface area contributed by atoms with Crippen molar-refractivity contribution in [3.63, 3.8) is 0 Å². The number of nitrogens with zero attached hydrogens (tertiary/aromatic N) is 3. The van der Waals surface area contributed by atoms with Gasteiger partial charge in [-0.25, -0.2) is 9.97 Å². The highest BCUT2D eigenvalue weighted by atomic mass is 16.2. The van der Waals surface area contributed by atoms with E-state index < -0.39 is 0 Å². The van der Waals surface area contributed by atoms with Crippen LogP contribution in [-0.2, 0) is 11.2 Å². The average Bonchev–Trinajstić information content (AvgIpc) is 2.98. The first-order chi connectivity index (χ1) is 9.26.